The maximum Gasteiger partial charge on any atom is 0.287 e. The van der Waals surface area contributed by atoms with E-state index in [2.05, 4.69) is 5.32 Å². The number of likely N-dealkylation sites (tertiary alicyclic amines) is 1. The Labute approximate surface area is 170 Å². The van der Waals surface area contributed by atoms with Crippen molar-refractivity contribution < 1.29 is 23.5 Å². The lowest BCUT2D eigenvalue weighted by atomic mass is 10.0. The number of ketones is 1. The molecule has 7 nitrogen and oxygen atoms in total. The molecule has 0 radical (unpaired) electrons. The van der Waals surface area contributed by atoms with Gasteiger partial charge in [0.05, 0.1) is 6.26 Å². The number of carbonyl (C=O) groups is 3. The third kappa shape index (κ3) is 5.25. The predicted molar refractivity (Wildman–Crippen MR) is 107 cm³/mol. The van der Waals surface area contributed by atoms with Crippen LogP contribution in [0.5, 0.6) is 5.75 Å². The number of Topliss-reactive ketones (excluding diaryl/α,β-unsaturated/α-hetero) is 1. The first-order chi connectivity index (χ1) is 14.0. The molecule has 7 heteroatoms. The first-order valence-corrected chi connectivity index (χ1v) is 9.86. The minimum absolute atomic E-state index is 0.0145. The number of nitrogens with one attached hydrogen (secondary N) is 1. The zero-order chi connectivity index (χ0) is 20.8. The molecule has 29 heavy (non-hydrogen) atoms. The SMILES string of the molecule is CCC(=O)c1ccc(OCC(=O)N2CCC(NC(=O)c3occc3C)CC2)cc1. The molecule has 1 fully saturated rings. The minimum atomic E-state index is -0.217. The van der Waals surface area contributed by atoms with Gasteiger partial charge in [-0.1, -0.05) is 6.92 Å². The number of amides is 2. The highest BCUT2D eigenvalue weighted by Crippen LogP contribution is 2.16. The summed E-state index contributed by atoms with van der Waals surface area (Å²) < 4.78 is 10.8. The lowest BCUT2D eigenvalue weighted by Crippen LogP contribution is -2.47. The number of furan rings is 1. The average Bonchev–Trinajstić information content (AvgIpc) is 3.18. The molecule has 1 N–H and O–H groups in total. The van der Waals surface area contributed by atoms with E-state index >= 15 is 0 Å². The average molecular weight is 398 g/mol. The summed E-state index contributed by atoms with van der Waals surface area (Å²) in [5.41, 5.74) is 1.44. The van der Waals surface area contributed by atoms with E-state index in [0.29, 0.717) is 49.4 Å². The highest BCUT2D eigenvalue weighted by Gasteiger charge is 2.25. The molecule has 3 rings (SSSR count). The van der Waals surface area contributed by atoms with E-state index in [0.717, 1.165) is 5.56 Å². The molecule has 0 saturated carbocycles. The van der Waals surface area contributed by atoms with Crippen LogP contribution in [0.25, 0.3) is 0 Å². The number of hydrogen-bond acceptors (Lipinski definition) is 5. The summed E-state index contributed by atoms with van der Waals surface area (Å²) in [5.74, 6) is 0.659. The summed E-state index contributed by atoms with van der Waals surface area (Å²) in [4.78, 5) is 38.0. The number of piperidine rings is 1. The van der Waals surface area contributed by atoms with E-state index in [4.69, 9.17) is 9.15 Å². The second kappa shape index (κ2) is 9.41. The molecule has 0 bridgehead atoms. The van der Waals surface area contributed by atoms with Crippen LogP contribution in [0, 0.1) is 6.92 Å². The van der Waals surface area contributed by atoms with Crippen molar-refractivity contribution in [2.75, 3.05) is 19.7 Å². The van der Waals surface area contributed by atoms with Gasteiger partial charge in [0.15, 0.2) is 18.2 Å². The van der Waals surface area contributed by atoms with Gasteiger partial charge >= 0.3 is 0 Å². The van der Waals surface area contributed by atoms with Crippen molar-refractivity contribution in [3.63, 3.8) is 0 Å². The Kier molecular flexibility index (Phi) is 6.69. The van der Waals surface area contributed by atoms with Crippen LogP contribution in [0.4, 0.5) is 0 Å². The molecule has 0 aliphatic carbocycles. The van der Waals surface area contributed by atoms with Gasteiger partial charge in [-0.2, -0.15) is 0 Å². The molecule has 1 aliphatic heterocycles. The number of hydrogen-bond donors (Lipinski definition) is 1. The predicted octanol–water partition coefficient (Wildman–Crippen LogP) is 2.98. The zero-order valence-corrected chi connectivity index (χ0v) is 16.8. The fourth-order valence-corrected chi connectivity index (χ4v) is 3.31. The summed E-state index contributed by atoms with van der Waals surface area (Å²) in [7, 11) is 0. The molecule has 1 saturated heterocycles. The number of carbonyl (C=O) groups excluding carboxylic acids is 3. The Hall–Kier alpha value is -3.09. The van der Waals surface area contributed by atoms with Gasteiger partial charge < -0.3 is 19.4 Å². The Morgan fingerprint density at radius 2 is 1.83 bits per heavy atom. The van der Waals surface area contributed by atoms with Gasteiger partial charge in [0.25, 0.3) is 11.8 Å². The Morgan fingerprint density at radius 1 is 1.14 bits per heavy atom. The monoisotopic (exact) mass is 398 g/mol. The Bertz CT molecular complexity index is 864. The van der Waals surface area contributed by atoms with Gasteiger partial charge in [-0.15, -0.1) is 0 Å². The third-order valence-corrected chi connectivity index (χ3v) is 5.11. The van der Waals surface area contributed by atoms with Crippen molar-refractivity contribution in [2.24, 2.45) is 0 Å². The standard InChI is InChI=1S/C22H26N2O5/c1-3-19(25)16-4-6-18(7-5-16)29-14-20(26)24-11-8-17(9-12-24)23-22(27)21-15(2)10-13-28-21/h4-7,10,13,17H,3,8-9,11-12,14H2,1-2H3,(H,23,27). The van der Waals surface area contributed by atoms with Crippen LogP contribution < -0.4 is 10.1 Å². The summed E-state index contributed by atoms with van der Waals surface area (Å²) >= 11 is 0. The fraction of sp³-hybridized carbons (Fsp3) is 0.409. The molecule has 2 aromatic rings. The maximum atomic E-state index is 12.4. The quantitative estimate of drug-likeness (QED) is 0.725. The molecule has 0 atom stereocenters. The van der Waals surface area contributed by atoms with Crippen molar-refractivity contribution in [1.82, 2.24) is 10.2 Å². The van der Waals surface area contributed by atoms with E-state index in [-0.39, 0.29) is 30.2 Å². The normalized spacial score (nSPS) is 14.5. The number of ether oxygens (including phenoxy) is 1. The molecule has 1 aromatic carbocycles. The number of nitrogens with zero attached hydrogens (tertiary/aromatic N) is 1. The van der Waals surface area contributed by atoms with E-state index in [1.165, 1.54) is 6.26 Å². The van der Waals surface area contributed by atoms with Crippen LogP contribution in [0.1, 0.15) is 52.7 Å². The van der Waals surface area contributed by atoms with Crippen molar-refractivity contribution in [3.05, 3.63) is 53.5 Å². The van der Waals surface area contributed by atoms with E-state index in [1.54, 1.807) is 35.2 Å². The molecule has 2 heterocycles. The van der Waals surface area contributed by atoms with Crippen LogP contribution in [-0.2, 0) is 4.79 Å². The molecule has 1 aromatic heterocycles. The second-order valence-electron chi connectivity index (χ2n) is 7.15. The van der Waals surface area contributed by atoms with E-state index in [9.17, 15) is 14.4 Å². The molecule has 154 valence electrons. The van der Waals surface area contributed by atoms with Crippen LogP contribution >= 0.6 is 0 Å². The van der Waals surface area contributed by atoms with Gasteiger partial charge in [-0.3, -0.25) is 14.4 Å². The first-order valence-electron chi connectivity index (χ1n) is 9.86. The van der Waals surface area contributed by atoms with Gasteiger partial charge in [0.2, 0.25) is 0 Å². The van der Waals surface area contributed by atoms with Gasteiger partial charge in [0, 0.05) is 36.7 Å². The number of aryl methyl sites for hydroxylation is 1. The summed E-state index contributed by atoms with van der Waals surface area (Å²) in [6.07, 6.45) is 3.33. The van der Waals surface area contributed by atoms with Crippen LogP contribution in [-0.4, -0.2) is 48.2 Å². The van der Waals surface area contributed by atoms with Gasteiger partial charge in [-0.25, -0.2) is 0 Å². The number of rotatable bonds is 7. The van der Waals surface area contributed by atoms with Crippen LogP contribution in [0.2, 0.25) is 0 Å². The van der Waals surface area contributed by atoms with Gasteiger partial charge in [0.1, 0.15) is 5.75 Å². The fourth-order valence-electron chi connectivity index (χ4n) is 3.31. The van der Waals surface area contributed by atoms with Crippen LogP contribution in [0.3, 0.4) is 0 Å². The van der Waals surface area contributed by atoms with Crippen molar-refractivity contribution in [3.8, 4) is 5.75 Å². The summed E-state index contributed by atoms with van der Waals surface area (Å²) in [6.45, 7) is 4.72. The highest BCUT2D eigenvalue weighted by molar-refractivity contribution is 5.96. The van der Waals surface area contributed by atoms with E-state index in [1.807, 2.05) is 13.8 Å². The Morgan fingerprint density at radius 3 is 2.41 bits per heavy atom. The highest BCUT2D eigenvalue weighted by atomic mass is 16.5. The van der Waals surface area contributed by atoms with Crippen molar-refractivity contribution in [1.29, 1.82) is 0 Å². The smallest absolute Gasteiger partial charge is 0.287 e. The molecular formula is C22H26N2O5. The summed E-state index contributed by atoms with van der Waals surface area (Å²) in [5, 5.41) is 2.97. The van der Waals surface area contributed by atoms with E-state index < -0.39 is 0 Å². The third-order valence-electron chi connectivity index (χ3n) is 5.11. The number of benzene rings is 1. The lowest BCUT2D eigenvalue weighted by molar-refractivity contribution is -0.134. The van der Waals surface area contributed by atoms with Gasteiger partial charge in [-0.05, 0) is 50.1 Å². The Balaban J connectivity index is 1.42. The molecule has 0 spiro atoms. The van der Waals surface area contributed by atoms with Crippen molar-refractivity contribution >= 4 is 17.6 Å². The zero-order valence-electron chi connectivity index (χ0n) is 16.8. The second-order valence-corrected chi connectivity index (χ2v) is 7.15. The first kappa shape index (κ1) is 20.6. The maximum absolute atomic E-state index is 12.4. The summed E-state index contributed by atoms with van der Waals surface area (Å²) in [6, 6.07) is 8.59. The molecule has 1 aliphatic rings. The molecule has 2 amide bonds. The van der Waals surface area contributed by atoms with Crippen molar-refractivity contribution in [2.45, 2.75) is 39.2 Å². The van der Waals surface area contributed by atoms with Crippen LogP contribution in [0.15, 0.2) is 41.0 Å². The lowest BCUT2D eigenvalue weighted by Gasteiger charge is -2.32. The topological polar surface area (TPSA) is 88.9 Å². The largest absolute Gasteiger partial charge is 0.484 e. The molecular weight excluding hydrogens is 372 g/mol. The minimum Gasteiger partial charge on any atom is -0.484 e. The molecule has 0 unspecified atom stereocenters.